The van der Waals surface area contributed by atoms with Crippen LogP contribution in [0, 0.1) is 0 Å². The van der Waals surface area contributed by atoms with Crippen LogP contribution in [0.2, 0.25) is 0 Å². The van der Waals surface area contributed by atoms with E-state index in [0.29, 0.717) is 11.1 Å². The van der Waals surface area contributed by atoms with E-state index in [1.165, 1.54) is 6.20 Å². The first-order valence-corrected chi connectivity index (χ1v) is 9.44. The van der Waals surface area contributed by atoms with Gasteiger partial charge in [0.1, 0.15) is 6.61 Å². The summed E-state index contributed by atoms with van der Waals surface area (Å²) in [7, 11) is 0. The summed E-state index contributed by atoms with van der Waals surface area (Å²) in [4.78, 5) is 21.0. The quantitative estimate of drug-likeness (QED) is 0.458. The predicted molar refractivity (Wildman–Crippen MR) is 108 cm³/mol. The second kappa shape index (κ2) is 9.84. The number of anilines is 1. The standard InChI is InChI=1S/C22H19F4N3O3/c1-21(23,24)32-22(25,26)14-31-13-18-17(29-20(30)16-10-6-3-7-11-16)12-27-19(28-18)15-8-4-2-5-9-15/h2-12H,13-14H2,1H3,(H,29,30). The van der Waals surface area contributed by atoms with Gasteiger partial charge in [0, 0.05) is 18.1 Å². The molecule has 0 aliphatic heterocycles. The molecule has 0 saturated heterocycles. The molecule has 0 radical (unpaired) electrons. The minimum atomic E-state index is -4.22. The Hall–Kier alpha value is -3.37. The van der Waals surface area contributed by atoms with Crippen molar-refractivity contribution in [3.05, 3.63) is 78.1 Å². The third-order valence-electron chi connectivity index (χ3n) is 4.02. The summed E-state index contributed by atoms with van der Waals surface area (Å²) in [5.41, 5.74) is 1.22. The fourth-order valence-electron chi connectivity index (χ4n) is 2.70. The van der Waals surface area contributed by atoms with Gasteiger partial charge in [0.15, 0.2) is 5.82 Å². The molecule has 0 atom stereocenters. The number of ether oxygens (including phenoxy) is 2. The SMILES string of the molecule is CC(F)(F)OC(F)(F)COCc1nc(-c2ccccc2)ncc1NC(=O)c1ccccc1. The van der Waals surface area contributed by atoms with Gasteiger partial charge in [0.2, 0.25) is 0 Å². The van der Waals surface area contributed by atoms with Gasteiger partial charge in [-0.25, -0.2) is 9.97 Å². The Kier molecular flexibility index (Phi) is 7.16. The summed E-state index contributed by atoms with van der Waals surface area (Å²) in [5.74, 6) is -0.202. The summed E-state index contributed by atoms with van der Waals surface area (Å²) in [5, 5.41) is 2.61. The van der Waals surface area contributed by atoms with Crippen molar-refractivity contribution in [3.8, 4) is 11.4 Å². The van der Waals surface area contributed by atoms with Gasteiger partial charge in [-0.2, -0.15) is 17.6 Å². The van der Waals surface area contributed by atoms with E-state index >= 15 is 0 Å². The van der Waals surface area contributed by atoms with E-state index in [2.05, 4.69) is 20.0 Å². The van der Waals surface area contributed by atoms with Crippen LogP contribution in [0.15, 0.2) is 66.9 Å². The van der Waals surface area contributed by atoms with E-state index in [-0.39, 0.29) is 24.1 Å². The molecule has 3 rings (SSSR count). The summed E-state index contributed by atoms with van der Waals surface area (Å²) >= 11 is 0. The Labute approximate surface area is 181 Å². The van der Waals surface area contributed by atoms with Gasteiger partial charge < -0.3 is 10.1 Å². The maximum Gasteiger partial charge on any atom is 0.383 e. The Morgan fingerprint density at radius 1 is 1.00 bits per heavy atom. The molecule has 6 nitrogen and oxygen atoms in total. The van der Waals surface area contributed by atoms with E-state index < -0.39 is 31.3 Å². The van der Waals surface area contributed by atoms with Gasteiger partial charge in [0.05, 0.1) is 24.2 Å². The van der Waals surface area contributed by atoms with E-state index in [1.54, 1.807) is 60.7 Å². The minimum Gasteiger partial charge on any atom is -0.366 e. The maximum atomic E-state index is 13.6. The second-order valence-electron chi connectivity index (χ2n) is 6.78. The molecular formula is C22H19F4N3O3. The molecule has 32 heavy (non-hydrogen) atoms. The van der Waals surface area contributed by atoms with Crippen LogP contribution in [0.5, 0.6) is 0 Å². The first-order valence-electron chi connectivity index (χ1n) is 9.44. The van der Waals surface area contributed by atoms with Crippen LogP contribution >= 0.6 is 0 Å². The van der Waals surface area contributed by atoms with E-state index in [4.69, 9.17) is 4.74 Å². The monoisotopic (exact) mass is 449 g/mol. The molecule has 1 heterocycles. The lowest BCUT2D eigenvalue weighted by Gasteiger charge is -2.21. The number of nitrogens with zero attached hydrogens (tertiary/aromatic N) is 2. The number of rotatable bonds is 9. The number of aromatic nitrogens is 2. The molecule has 1 aromatic heterocycles. The molecule has 0 bridgehead atoms. The third-order valence-corrected chi connectivity index (χ3v) is 4.02. The smallest absolute Gasteiger partial charge is 0.366 e. The van der Waals surface area contributed by atoms with Gasteiger partial charge in [-0.15, -0.1) is 0 Å². The molecule has 2 aromatic carbocycles. The van der Waals surface area contributed by atoms with E-state index in [1.807, 2.05) is 0 Å². The highest BCUT2D eigenvalue weighted by atomic mass is 19.3. The highest BCUT2D eigenvalue weighted by Crippen LogP contribution is 2.27. The van der Waals surface area contributed by atoms with Crippen molar-refractivity contribution in [2.24, 2.45) is 0 Å². The average molecular weight is 449 g/mol. The molecule has 0 spiro atoms. The molecular weight excluding hydrogens is 430 g/mol. The normalized spacial score (nSPS) is 11.9. The highest BCUT2D eigenvalue weighted by Gasteiger charge is 2.41. The number of benzene rings is 2. The zero-order valence-electron chi connectivity index (χ0n) is 16.9. The van der Waals surface area contributed by atoms with Crippen molar-refractivity contribution < 1.29 is 31.8 Å². The largest absolute Gasteiger partial charge is 0.383 e. The molecule has 0 fully saturated rings. The Morgan fingerprint density at radius 2 is 1.62 bits per heavy atom. The molecule has 0 unspecified atom stereocenters. The zero-order chi connectivity index (χ0) is 23.2. The fraction of sp³-hybridized carbons (Fsp3) is 0.227. The van der Waals surface area contributed by atoms with Crippen molar-refractivity contribution in [1.29, 1.82) is 0 Å². The van der Waals surface area contributed by atoms with Gasteiger partial charge in [-0.1, -0.05) is 48.5 Å². The zero-order valence-corrected chi connectivity index (χ0v) is 16.9. The second-order valence-corrected chi connectivity index (χ2v) is 6.78. The third kappa shape index (κ3) is 6.82. The summed E-state index contributed by atoms with van der Waals surface area (Å²) in [6, 6.07) is 17.1. The summed E-state index contributed by atoms with van der Waals surface area (Å²) in [6.45, 7) is -1.75. The molecule has 0 aliphatic carbocycles. The fourth-order valence-corrected chi connectivity index (χ4v) is 2.70. The molecule has 10 heteroatoms. The van der Waals surface area contributed by atoms with E-state index in [0.717, 1.165) is 0 Å². The summed E-state index contributed by atoms with van der Waals surface area (Å²) < 4.78 is 61.0. The van der Waals surface area contributed by atoms with Crippen LogP contribution in [0.1, 0.15) is 23.0 Å². The summed E-state index contributed by atoms with van der Waals surface area (Å²) in [6.07, 6.45) is -6.93. The van der Waals surface area contributed by atoms with Gasteiger partial charge >= 0.3 is 12.2 Å². The molecule has 0 saturated carbocycles. The van der Waals surface area contributed by atoms with Crippen molar-refractivity contribution in [2.45, 2.75) is 25.7 Å². The Balaban J connectivity index is 1.81. The molecule has 3 aromatic rings. The lowest BCUT2D eigenvalue weighted by Crippen LogP contribution is -2.34. The number of nitrogens with one attached hydrogen (secondary N) is 1. The predicted octanol–water partition coefficient (Wildman–Crippen LogP) is 5.13. The van der Waals surface area contributed by atoms with Crippen molar-refractivity contribution >= 4 is 11.6 Å². The van der Waals surface area contributed by atoms with Crippen LogP contribution in [-0.2, 0) is 16.1 Å². The number of carbonyl (C=O) groups excluding carboxylic acids is 1. The number of halogens is 4. The van der Waals surface area contributed by atoms with E-state index in [9.17, 15) is 22.4 Å². The number of amides is 1. The number of alkyl halides is 4. The van der Waals surface area contributed by atoms with Crippen molar-refractivity contribution in [1.82, 2.24) is 9.97 Å². The molecule has 1 N–H and O–H groups in total. The van der Waals surface area contributed by atoms with Crippen LogP contribution in [0.4, 0.5) is 23.2 Å². The lowest BCUT2D eigenvalue weighted by atomic mass is 10.2. The minimum absolute atomic E-state index is 0.0854. The topological polar surface area (TPSA) is 73.3 Å². The first kappa shape index (κ1) is 23.3. The number of carbonyl (C=O) groups is 1. The van der Waals surface area contributed by atoms with Crippen LogP contribution in [0.3, 0.4) is 0 Å². The van der Waals surface area contributed by atoms with Crippen molar-refractivity contribution in [2.75, 3.05) is 11.9 Å². The molecule has 168 valence electrons. The van der Waals surface area contributed by atoms with Crippen LogP contribution in [-0.4, -0.2) is 34.7 Å². The van der Waals surface area contributed by atoms with Gasteiger partial charge in [0.25, 0.3) is 5.91 Å². The molecule has 0 aliphatic rings. The lowest BCUT2D eigenvalue weighted by molar-refractivity contribution is -0.378. The Bertz CT molecular complexity index is 1050. The van der Waals surface area contributed by atoms with Crippen molar-refractivity contribution in [3.63, 3.8) is 0 Å². The molecule has 1 amide bonds. The number of hydrogen-bond donors (Lipinski definition) is 1. The maximum absolute atomic E-state index is 13.6. The van der Waals surface area contributed by atoms with Gasteiger partial charge in [-0.3, -0.25) is 9.53 Å². The Morgan fingerprint density at radius 3 is 2.25 bits per heavy atom. The average Bonchev–Trinajstić information content (AvgIpc) is 2.74. The van der Waals surface area contributed by atoms with Crippen LogP contribution < -0.4 is 5.32 Å². The van der Waals surface area contributed by atoms with Gasteiger partial charge in [-0.05, 0) is 12.1 Å². The highest BCUT2D eigenvalue weighted by molar-refractivity contribution is 6.04. The number of hydrogen-bond acceptors (Lipinski definition) is 5. The van der Waals surface area contributed by atoms with Crippen LogP contribution in [0.25, 0.3) is 11.4 Å². The first-order chi connectivity index (χ1) is 15.1.